The molecule has 0 aliphatic carbocycles. The van der Waals surface area contributed by atoms with Crippen molar-refractivity contribution in [3.63, 3.8) is 0 Å². The van der Waals surface area contributed by atoms with Gasteiger partial charge < -0.3 is 4.74 Å². The first-order valence-corrected chi connectivity index (χ1v) is 6.67. The Balaban J connectivity index is 2.59. The van der Waals surface area contributed by atoms with E-state index in [9.17, 15) is 14.4 Å². The van der Waals surface area contributed by atoms with Crippen LogP contribution < -0.4 is 10.9 Å². The van der Waals surface area contributed by atoms with Gasteiger partial charge in [-0.2, -0.15) is 0 Å². The molecule has 0 atom stereocenters. The summed E-state index contributed by atoms with van der Waals surface area (Å²) in [5.41, 5.74) is 8.29. The Morgan fingerprint density at radius 2 is 1.62 bits per heavy atom. The second kappa shape index (κ2) is 7.42. The standard InChI is InChI=1S/C15H20N2O4/c1-5-21-15(20)14(19)17-16-13(18)8-12-10(3)6-9(2)7-11(12)4/h6-7H,5,8H2,1-4H3,(H,16,18)(H,17,19). The summed E-state index contributed by atoms with van der Waals surface area (Å²) in [6.45, 7) is 7.54. The summed E-state index contributed by atoms with van der Waals surface area (Å²) < 4.78 is 4.50. The minimum Gasteiger partial charge on any atom is -0.459 e. The third kappa shape index (κ3) is 4.91. The average Bonchev–Trinajstić information content (AvgIpc) is 2.40. The van der Waals surface area contributed by atoms with Crippen molar-refractivity contribution >= 4 is 17.8 Å². The lowest BCUT2D eigenvalue weighted by Crippen LogP contribution is -2.46. The van der Waals surface area contributed by atoms with Crippen LogP contribution in [0.2, 0.25) is 0 Å². The van der Waals surface area contributed by atoms with Crippen molar-refractivity contribution in [3.05, 3.63) is 34.4 Å². The molecule has 0 radical (unpaired) electrons. The van der Waals surface area contributed by atoms with Crippen molar-refractivity contribution < 1.29 is 19.1 Å². The first kappa shape index (κ1) is 16.7. The Morgan fingerprint density at radius 3 is 2.14 bits per heavy atom. The van der Waals surface area contributed by atoms with E-state index in [1.54, 1.807) is 6.92 Å². The quantitative estimate of drug-likeness (QED) is 0.492. The van der Waals surface area contributed by atoms with Gasteiger partial charge in [0.2, 0.25) is 5.91 Å². The van der Waals surface area contributed by atoms with E-state index >= 15 is 0 Å². The van der Waals surface area contributed by atoms with Crippen LogP contribution in [-0.4, -0.2) is 24.4 Å². The van der Waals surface area contributed by atoms with E-state index in [0.29, 0.717) is 0 Å². The fourth-order valence-corrected chi connectivity index (χ4v) is 2.07. The van der Waals surface area contributed by atoms with Crippen molar-refractivity contribution in [2.75, 3.05) is 6.61 Å². The van der Waals surface area contributed by atoms with Crippen molar-refractivity contribution in [2.24, 2.45) is 0 Å². The van der Waals surface area contributed by atoms with E-state index in [-0.39, 0.29) is 13.0 Å². The van der Waals surface area contributed by atoms with Gasteiger partial charge in [-0.15, -0.1) is 0 Å². The summed E-state index contributed by atoms with van der Waals surface area (Å²) in [4.78, 5) is 34.2. The zero-order chi connectivity index (χ0) is 16.0. The molecule has 114 valence electrons. The van der Waals surface area contributed by atoms with Gasteiger partial charge in [0.05, 0.1) is 13.0 Å². The molecule has 0 saturated carbocycles. The Morgan fingerprint density at radius 1 is 1.05 bits per heavy atom. The van der Waals surface area contributed by atoms with Gasteiger partial charge in [-0.3, -0.25) is 20.4 Å². The van der Waals surface area contributed by atoms with Crippen molar-refractivity contribution in [1.82, 2.24) is 10.9 Å². The van der Waals surface area contributed by atoms with Gasteiger partial charge >= 0.3 is 11.9 Å². The van der Waals surface area contributed by atoms with E-state index in [1.807, 2.05) is 38.3 Å². The van der Waals surface area contributed by atoms with E-state index in [2.05, 4.69) is 10.2 Å². The van der Waals surface area contributed by atoms with Gasteiger partial charge in [0.15, 0.2) is 0 Å². The smallest absolute Gasteiger partial charge is 0.398 e. The molecule has 0 fully saturated rings. The molecule has 2 amide bonds. The van der Waals surface area contributed by atoms with Crippen LogP contribution >= 0.6 is 0 Å². The number of carbonyl (C=O) groups is 3. The van der Waals surface area contributed by atoms with E-state index in [1.165, 1.54) is 0 Å². The highest BCUT2D eigenvalue weighted by Crippen LogP contribution is 2.16. The maximum atomic E-state index is 11.8. The molecule has 0 aliphatic heterocycles. The predicted octanol–water partition coefficient (Wildman–Crippen LogP) is 0.865. The Kier molecular flexibility index (Phi) is 5.90. The van der Waals surface area contributed by atoms with Gasteiger partial charge in [0.1, 0.15) is 0 Å². The highest BCUT2D eigenvalue weighted by molar-refractivity contribution is 6.32. The van der Waals surface area contributed by atoms with Crippen LogP contribution in [0, 0.1) is 20.8 Å². The molecular formula is C15H20N2O4. The highest BCUT2D eigenvalue weighted by atomic mass is 16.5. The summed E-state index contributed by atoms with van der Waals surface area (Å²) in [6.07, 6.45) is 0.126. The zero-order valence-electron chi connectivity index (χ0n) is 12.7. The fourth-order valence-electron chi connectivity index (χ4n) is 2.07. The number of esters is 1. The molecule has 0 aromatic heterocycles. The monoisotopic (exact) mass is 292 g/mol. The number of amides is 2. The first-order valence-electron chi connectivity index (χ1n) is 6.67. The predicted molar refractivity (Wildman–Crippen MR) is 77.3 cm³/mol. The fraction of sp³-hybridized carbons (Fsp3) is 0.400. The van der Waals surface area contributed by atoms with Gasteiger partial charge in [-0.1, -0.05) is 17.7 Å². The third-order valence-electron chi connectivity index (χ3n) is 2.95. The maximum Gasteiger partial charge on any atom is 0.398 e. The summed E-state index contributed by atoms with van der Waals surface area (Å²) in [7, 11) is 0. The van der Waals surface area contributed by atoms with Gasteiger partial charge in [0.25, 0.3) is 0 Å². The molecule has 1 rings (SSSR count). The molecule has 0 saturated heterocycles. The van der Waals surface area contributed by atoms with Crippen molar-refractivity contribution in [3.8, 4) is 0 Å². The Labute approximate surface area is 123 Å². The van der Waals surface area contributed by atoms with Crippen LogP contribution in [0.4, 0.5) is 0 Å². The zero-order valence-corrected chi connectivity index (χ0v) is 12.7. The normalized spacial score (nSPS) is 9.90. The number of carbonyl (C=O) groups excluding carboxylic acids is 3. The average molecular weight is 292 g/mol. The molecule has 6 nitrogen and oxygen atoms in total. The first-order chi connectivity index (χ1) is 9.85. The molecule has 1 aromatic carbocycles. The number of rotatable bonds is 3. The molecule has 0 aliphatic rings. The minimum absolute atomic E-state index is 0.0992. The van der Waals surface area contributed by atoms with Crippen LogP contribution in [0.1, 0.15) is 29.2 Å². The van der Waals surface area contributed by atoms with Gasteiger partial charge in [-0.25, -0.2) is 4.79 Å². The summed E-state index contributed by atoms with van der Waals surface area (Å²) >= 11 is 0. The van der Waals surface area contributed by atoms with Gasteiger partial charge in [-0.05, 0) is 44.4 Å². The van der Waals surface area contributed by atoms with Crippen LogP contribution in [0.3, 0.4) is 0 Å². The summed E-state index contributed by atoms with van der Waals surface area (Å²) in [5, 5.41) is 0. The molecule has 1 aromatic rings. The Bertz CT molecular complexity index is 544. The van der Waals surface area contributed by atoms with Crippen LogP contribution in [-0.2, 0) is 25.5 Å². The summed E-state index contributed by atoms with van der Waals surface area (Å²) in [6, 6.07) is 3.99. The molecule has 2 N–H and O–H groups in total. The number of benzene rings is 1. The maximum absolute atomic E-state index is 11.8. The molecule has 0 spiro atoms. The number of nitrogens with one attached hydrogen (secondary N) is 2. The molecule has 0 unspecified atom stereocenters. The lowest BCUT2D eigenvalue weighted by molar-refractivity contribution is -0.155. The second-order valence-corrected chi connectivity index (χ2v) is 4.78. The molecule has 0 bridgehead atoms. The second-order valence-electron chi connectivity index (χ2n) is 4.78. The number of hydrazine groups is 1. The number of ether oxygens (including phenoxy) is 1. The minimum atomic E-state index is -1.03. The molecule has 6 heteroatoms. The molecule has 21 heavy (non-hydrogen) atoms. The lowest BCUT2D eigenvalue weighted by Gasteiger charge is -2.12. The number of hydrogen-bond acceptors (Lipinski definition) is 4. The van der Waals surface area contributed by atoms with Crippen molar-refractivity contribution in [2.45, 2.75) is 34.1 Å². The van der Waals surface area contributed by atoms with Gasteiger partial charge in [0, 0.05) is 0 Å². The van der Waals surface area contributed by atoms with Crippen molar-refractivity contribution in [1.29, 1.82) is 0 Å². The SMILES string of the molecule is CCOC(=O)C(=O)NNC(=O)Cc1c(C)cc(C)cc1C. The number of hydrogen-bond donors (Lipinski definition) is 2. The topological polar surface area (TPSA) is 84.5 Å². The number of aryl methyl sites for hydroxylation is 3. The van der Waals surface area contributed by atoms with Crippen LogP contribution in [0.15, 0.2) is 12.1 Å². The lowest BCUT2D eigenvalue weighted by atomic mass is 9.97. The van der Waals surface area contributed by atoms with E-state index in [0.717, 1.165) is 22.3 Å². The highest BCUT2D eigenvalue weighted by Gasteiger charge is 2.16. The van der Waals surface area contributed by atoms with Crippen LogP contribution in [0.25, 0.3) is 0 Å². The molecular weight excluding hydrogens is 272 g/mol. The van der Waals surface area contributed by atoms with Crippen LogP contribution in [0.5, 0.6) is 0 Å². The molecule has 0 heterocycles. The Hall–Kier alpha value is -2.37. The van der Waals surface area contributed by atoms with E-state index in [4.69, 9.17) is 0 Å². The largest absolute Gasteiger partial charge is 0.459 e. The van der Waals surface area contributed by atoms with E-state index < -0.39 is 17.8 Å². The summed E-state index contributed by atoms with van der Waals surface area (Å²) in [5.74, 6) is -2.43. The third-order valence-corrected chi connectivity index (χ3v) is 2.95.